The maximum atomic E-state index is 3.73. The largest absolute Gasteiger partial charge is 0.312 e. The second-order valence-corrected chi connectivity index (χ2v) is 8.69. The summed E-state index contributed by atoms with van der Waals surface area (Å²) in [5.41, 5.74) is 1.76. The molecule has 0 aromatic carbocycles. The lowest BCUT2D eigenvalue weighted by atomic mass is 9.72. The highest BCUT2D eigenvalue weighted by molar-refractivity contribution is 9.10. The van der Waals surface area contributed by atoms with Gasteiger partial charge in [-0.2, -0.15) is 11.3 Å². The van der Waals surface area contributed by atoms with Crippen LogP contribution in [0.5, 0.6) is 0 Å². The average molecular weight is 344 g/mol. The summed E-state index contributed by atoms with van der Waals surface area (Å²) in [6.45, 7) is 10.3. The molecule has 0 saturated heterocycles. The van der Waals surface area contributed by atoms with Gasteiger partial charge in [0.05, 0.1) is 0 Å². The van der Waals surface area contributed by atoms with Crippen molar-refractivity contribution in [3.8, 4) is 0 Å². The second kappa shape index (κ2) is 6.28. The van der Waals surface area contributed by atoms with E-state index in [0.29, 0.717) is 0 Å². The molecule has 1 aromatic heterocycles. The van der Waals surface area contributed by atoms with E-state index in [9.17, 15) is 0 Å². The normalized spacial score (nSPS) is 28.6. The Bertz CT molecular complexity index is 407. The molecule has 1 heterocycles. The summed E-state index contributed by atoms with van der Waals surface area (Å²) in [4.78, 5) is 0. The van der Waals surface area contributed by atoms with Crippen molar-refractivity contribution in [2.75, 3.05) is 6.54 Å². The molecular formula is C16H26BrNS. The maximum Gasteiger partial charge on any atom is 0.0317 e. The van der Waals surface area contributed by atoms with Crippen molar-refractivity contribution in [2.45, 2.75) is 58.4 Å². The van der Waals surface area contributed by atoms with Gasteiger partial charge in [0.15, 0.2) is 0 Å². The molecule has 1 saturated carbocycles. The molecule has 1 aliphatic rings. The van der Waals surface area contributed by atoms with Gasteiger partial charge in [0.1, 0.15) is 0 Å². The molecular weight excluding hydrogens is 318 g/mol. The van der Waals surface area contributed by atoms with Crippen molar-refractivity contribution in [3.63, 3.8) is 0 Å². The summed E-state index contributed by atoms with van der Waals surface area (Å²) in [7, 11) is 0. The van der Waals surface area contributed by atoms with Crippen LogP contribution in [0.2, 0.25) is 0 Å². The highest BCUT2D eigenvalue weighted by Crippen LogP contribution is 2.43. The van der Waals surface area contributed by atoms with Gasteiger partial charge in [-0.15, -0.1) is 0 Å². The fourth-order valence-electron chi connectivity index (χ4n) is 3.06. The van der Waals surface area contributed by atoms with Gasteiger partial charge in [0, 0.05) is 15.4 Å². The highest BCUT2D eigenvalue weighted by Gasteiger charge is 2.31. The summed E-state index contributed by atoms with van der Waals surface area (Å²) in [5, 5.41) is 8.28. The first-order valence-corrected chi connectivity index (χ1v) is 9.07. The fraction of sp³-hybridized carbons (Fsp3) is 0.750. The summed E-state index contributed by atoms with van der Waals surface area (Å²) in [5.74, 6) is 2.36. The van der Waals surface area contributed by atoms with Crippen LogP contribution in [0.15, 0.2) is 15.2 Å². The maximum absolute atomic E-state index is 3.73. The van der Waals surface area contributed by atoms with Gasteiger partial charge < -0.3 is 5.32 Å². The predicted molar refractivity (Wildman–Crippen MR) is 89.0 cm³/mol. The molecule has 0 radical (unpaired) electrons. The lowest BCUT2D eigenvalue weighted by Gasteiger charge is -2.37. The minimum absolute atomic E-state index is 0.222. The summed E-state index contributed by atoms with van der Waals surface area (Å²) in [6.07, 6.45) is 4.08. The van der Waals surface area contributed by atoms with Crippen molar-refractivity contribution in [1.29, 1.82) is 0 Å². The van der Waals surface area contributed by atoms with Crippen molar-refractivity contribution in [2.24, 2.45) is 11.8 Å². The molecule has 1 aliphatic carbocycles. The van der Waals surface area contributed by atoms with Gasteiger partial charge in [0.25, 0.3) is 0 Å². The van der Waals surface area contributed by atoms with Gasteiger partial charge in [-0.1, -0.05) is 13.3 Å². The Balaban J connectivity index is 2.09. The van der Waals surface area contributed by atoms with E-state index in [1.165, 1.54) is 29.3 Å². The molecule has 1 fully saturated rings. The molecule has 3 unspecified atom stereocenters. The minimum atomic E-state index is 0.222. The van der Waals surface area contributed by atoms with Crippen LogP contribution in [0.4, 0.5) is 0 Å². The molecule has 1 aromatic rings. The third kappa shape index (κ3) is 4.30. The zero-order valence-electron chi connectivity index (χ0n) is 12.5. The number of hydrogen-bond donors (Lipinski definition) is 1. The van der Waals surface area contributed by atoms with Gasteiger partial charge in [-0.3, -0.25) is 0 Å². The quantitative estimate of drug-likeness (QED) is 0.772. The Hall–Kier alpha value is 0.140. The summed E-state index contributed by atoms with van der Waals surface area (Å²) < 4.78 is 1.32. The SMILES string of the molecule is CC1CCC(CNC(C)(C)C)C(c2cscc2Br)C1. The van der Waals surface area contributed by atoms with E-state index in [-0.39, 0.29) is 5.54 Å². The van der Waals surface area contributed by atoms with E-state index < -0.39 is 0 Å². The third-order valence-corrected chi connectivity index (χ3v) is 5.94. The smallest absolute Gasteiger partial charge is 0.0317 e. The molecule has 1 nitrogen and oxygen atoms in total. The minimum Gasteiger partial charge on any atom is -0.312 e. The van der Waals surface area contributed by atoms with E-state index in [0.717, 1.165) is 24.3 Å². The molecule has 108 valence electrons. The molecule has 0 bridgehead atoms. The molecule has 19 heavy (non-hydrogen) atoms. The Kier molecular flexibility index (Phi) is 5.13. The molecule has 3 heteroatoms. The molecule has 2 rings (SSSR count). The highest BCUT2D eigenvalue weighted by atomic mass is 79.9. The van der Waals surface area contributed by atoms with Crippen LogP contribution in [-0.2, 0) is 0 Å². The van der Waals surface area contributed by atoms with Crippen LogP contribution >= 0.6 is 27.3 Å². The van der Waals surface area contributed by atoms with Gasteiger partial charge >= 0.3 is 0 Å². The Morgan fingerprint density at radius 1 is 1.32 bits per heavy atom. The molecule has 0 amide bonds. The summed E-state index contributed by atoms with van der Waals surface area (Å²) >= 11 is 5.55. The Morgan fingerprint density at radius 2 is 2.05 bits per heavy atom. The number of nitrogens with one attached hydrogen (secondary N) is 1. The first-order chi connectivity index (χ1) is 8.87. The second-order valence-electron chi connectivity index (χ2n) is 7.09. The van der Waals surface area contributed by atoms with Crippen LogP contribution in [0, 0.1) is 11.8 Å². The standard InChI is InChI=1S/C16H26BrNS/c1-11-5-6-12(8-18-16(2,3)4)13(7-11)14-9-19-10-15(14)17/h9-13,18H,5-8H2,1-4H3. The zero-order valence-corrected chi connectivity index (χ0v) is 14.9. The monoisotopic (exact) mass is 343 g/mol. The third-order valence-electron chi connectivity index (χ3n) is 4.19. The number of thiophene rings is 1. The lowest BCUT2D eigenvalue weighted by Crippen LogP contribution is -2.41. The van der Waals surface area contributed by atoms with Crippen LogP contribution in [0.1, 0.15) is 58.4 Å². The van der Waals surface area contributed by atoms with Crippen LogP contribution in [-0.4, -0.2) is 12.1 Å². The zero-order chi connectivity index (χ0) is 14.0. The average Bonchev–Trinajstić information content (AvgIpc) is 2.72. The van der Waals surface area contributed by atoms with E-state index in [1.807, 2.05) is 11.3 Å². The van der Waals surface area contributed by atoms with Gasteiger partial charge in [-0.25, -0.2) is 0 Å². The first-order valence-electron chi connectivity index (χ1n) is 7.33. The molecule has 1 N–H and O–H groups in total. The van der Waals surface area contributed by atoms with E-state index >= 15 is 0 Å². The van der Waals surface area contributed by atoms with Crippen molar-refractivity contribution < 1.29 is 0 Å². The molecule has 0 spiro atoms. The van der Waals surface area contributed by atoms with E-state index in [1.54, 1.807) is 0 Å². The van der Waals surface area contributed by atoms with Gasteiger partial charge in [-0.05, 0) is 84.8 Å². The van der Waals surface area contributed by atoms with E-state index in [4.69, 9.17) is 0 Å². The van der Waals surface area contributed by atoms with Crippen molar-refractivity contribution >= 4 is 27.3 Å². The Labute approximate surface area is 130 Å². The number of hydrogen-bond acceptors (Lipinski definition) is 2. The van der Waals surface area contributed by atoms with Crippen LogP contribution in [0.25, 0.3) is 0 Å². The lowest BCUT2D eigenvalue weighted by molar-refractivity contribution is 0.227. The number of rotatable bonds is 3. The first kappa shape index (κ1) is 15.5. The van der Waals surface area contributed by atoms with Crippen molar-refractivity contribution in [3.05, 3.63) is 20.8 Å². The van der Waals surface area contributed by atoms with Crippen molar-refractivity contribution in [1.82, 2.24) is 5.32 Å². The molecule has 0 aliphatic heterocycles. The van der Waals surface area contributed by atoms with Crippen LogP contribution in [0.3, 0.4) is 0 Å². The topological polar surface area (TPSA) is 12.0 Å². The van der Waals surface area contributed by atoms with Gasteiger partial charge in [0.2, 0.25) is 0 Å². The van der Waals surface area contributed by atoms with E-state index in [2.05, 4.69) is 59.7 Å². The molecule has 3 atom stereocenters. The fourth-order valence-corrected chi connectivity index (χ4v) is 4.72. The van der Waals surface area contributed by atoms with Crippen LogP contribution < -0.4 is 5.32 Å². The predicted octanol–water partition coefficient (Wildman–Crippen LogP) is 5.42. The number of halogens is 1. The summed E-state index contributed by atoms with van der Waals surface area (Å²) in [6, 6.07) is 0. The Morgan fingerprint density at radius 3 is 2.63 bits per heavy atom.